The molecule has 1 aromatic heterocycles. The highest BCUT2D eigenvalue weighted by molar-refractivity contribution is 14.1. The second-order valence-corrected chi connectivity index (χ2v) is 3.22. The number of carbonyl (C=O) groups is 1. The van der Waals surface area contributed by atoms with E-state index in [-0.39, 0.29) is 6.42 Å². The third-order valence-electron chi connectivity index (χ3n) is 1.20. The molecule has 0 unspecified atom stereocenters. The third-order valence-corrected chi connectivity index (χ3v) is 1.73. The Balaban J connectivity index is 2.45. The van der Waals surface area contributed by atoms with Crippen molar-refractivity contribution in [3.05, 3.63) is 18.2 Å². The van der Waals surface area contributed by atoms with Crippen molar-refractivity contribution in [1.82, 2.24) is 7.76 Å². The zero-order chi connectivity index (χ0) is 8.27. The van der Waals surface area contributed by atoms with Crippen LogP contribution in [0.25, 0.3) is 0 Å². The number of rotatable bonds is 3. The van der Waals surface area contributed by atoms with Crippen molar-refractivity contribution in [2.45, 2.75) is 12.8 Å². The fourth-order valence-corrected chi connectivity index (χ4v) is 1.15. The molecule has 1 rings (SSSR count). The molecule has 0 fully saturated rings. The molecule has 0 aliphatic carbocycles. The molecule has 0 atom stereocenters. The molecule has 11 heavy (non-hydrogen) atoms. The van der Waals surface area contributed by atoms with E-state index in [1.165, 1.54) is 0 Å². The summed E-state index contributed by atoms with van der Waals surface area (Å²) >= 11 is 2.06. The lowest BCUT2D eigenvalue weighted by Crippen LogP contribution is -1.97. The molecule has 0 aliphatic heterocycles. The van der Waals surface area contributed by atoms with Gasteiger partial charge in [0.1, 0.15) is 6.33 Å². The second kappa shape index (κ2) is 3.70. The summed E-state index contributed by atoms with van der Waals surface area (Å²) < 4.78 is 1.77. The molecule has 1 aromatic rings. The Morgan fingerprint density at radius 1 is 1.82 bits per heavy atom. The first kappa shape index (κ1) is 8.51. The summed E-state index contributed by atoms with van der Waals surface area (Å²) in [5.41, 5.74) is 0.821. The van der Waals surface area contributed by atoms with Crippen LogP contribution in [0.1, 0.15) is 12.1 Å². The first-order valence-corrected chi connectivity index (χ1v) is 4.06. The predicted molar refractivity (Wildman–Crippen MR) is 47.6 cm³/mol. The number of halogens is 1. The monoisotopic (exact) mass is 266 g/mol. The Labute approximate surface area is 77.7 Å². The van der Waals surface area contributed by atoms with Gasteiger partial charge in [0.25, 0.3) is 0 Å². The van der Waals surface area contributed by atoms with E-state index in [1.54, 1.807) is 9.11 Å². The molecule has 0 saturated carbocycles. The molecule has 60 valence electrons. The molecule has 0 spiro atoms. The van der Waals surface area contributed by atoms with Crippen LogP contribution in [-0.2, 0) is 11.2 Å². The van der Waals surface area contributed by atoms with Crippen molar-refractivity contribution in [3.8, 4) is 0 Å². The number of carboxylic acids is 1. The van der Waals surface area contributed by atoms with Gasteiger partial charge in [-0.05, 0) is 0 Å². The largest absolute Gasteiger partial charge is 0.481 e. The maximum Gasteiger partial charge on any atom is 0.303 e. The summed E-state index contributed by atoms with van der Waals surface area (Å²) in [6.45, 7) is 0. The van der Waals surface area contributed by atoms with Gasteiger partial charge in [-0.2, -0.15) is 0 Å². The summed E-state index contributed by atoms with van der Waals surface area (Å²) in [4.78, 5) is 14.1. The first-order valence-electron chi connectivity index (χ1n) is 3.09. The fraction of sp³-hybridized carbons (Fsp3) is 0.333. The highest BCUT2D eigenvalue weighted by Gasteiger charge is 2.00. The number of aromatic nitrogens is 2. The molecule has 0 aromatic carbocycles. The Kier molecular flexibility index (Phi) is 2.86. The van der Waals surface area contributed by atoms with Gasteiger partial charge in [0, 0.05) is 12.6 Å². The summed E-state index contributed by atoms with van der Waals surface area (Å²) in [5, 5.41) is 8.35. The zero-order valence-corrected chi connectivity index (χ0v) is 7.85. The standard InChI is InChI=1S/C6H7IN2O2/c7-9-3-5(8-4-9)1-2-6(10)11/h3-4H,1-2H2,(H,10,11). The summed E-state index contributed by atoms with van der Waals surface area (Å²) in [6.07, 6.45) is 4.11. The average molecular weight is 266 g/mol. The van der Waals surface area contributed by atoms with Gasteiger partial charge >= 0.3 is 5.97 Å². The quantitative estimate of drug-likeness (QED) is 0.833. The number of nitrogens with zero attached hydrogens (tertiary/aromatic N) is 2. The Bertz CT molecular complexity index is 259. The van der Waals surface area contributed by atoms with Gasteiger partial charge in [-0.1, -0.05) is 0 Å². The lowest BCUT2D eigenvalue weighted by molar-refractivity contribution is -0.136. The van der Waals surface area contributed by atoms with Crippen molar-refractivity contribution < 1.29 is 9.90 Å². The fourth-order valence-electron chi connectivity index (χ4n) is 0.702. The van der Waals surface area contributed by atoms with Crippen LogP contribution in [0.2, 0.25) is 0 Å². The number of aryl methyl sites for hydroxylation is 1. The van der Waals surface area contributed by atoms with Crippen LogP contribution in [-0.4, -0.2) is 18.8 Å². The van der Waals surface area contributed by atoms with Gasteiger partial charge in [-0.15, -0.1) is 0 Å². The minimum absolute atomic E-state index is 0.146. The molecule has 0 bridgehead atoms. The van der Waals surface area contributed by atoms with E-state index in [9.17, 15) is 4.79 Å². The predicted octanol–water partition coefficient (Wildman–Crippen LogP) is 1.10. The van der Waals surface area contributed by atoms with E-state index in [1.807, 2.05) is 6.20 Å². The Hall–Kier alpha value is -0.590. The van der Waals surface area contributed by atoms with Crippen molar-refractivity contribution in [3.63, 3.8) is 0 Å². The van der Waals surface area contributed by atoms with Crippen molar-refractivity contribution in [1.29, 1.82) is 0 Å². The van der Waals surface area contributed by atoms with E-state index < -0.39 is 5.97 Å². The maximum atomic E-state index is 10.1. The Morgan fingerprint density at radius 3 is 3.00 bits per heavy atom. The topological polar surface area (TPSA) is 55.1 Å². The van der Waals surface area contributed by atoms with Crippen LogP contribution in [0.5, 0.6) is 0 Å². The molecule has 0 radical (unpaired) electrons. The number of carboxylic acid groups (broad SMARTS) is 1. The minimum Gasteiger partial charge on any atom is -0.481 e. The van der Waals surface area contributed by atoms with Crippen LogP contribution in [0.3, 0.4) is 0 Å². The average Bonchev–Trinajstić information content (AvgIpc) is 2.31. The molecule has 4 nitrogen and oxygen atoms in total. The Morgan fingerprint density at radius 2 is 2.55 bits per heavy atom. The maximum absolute atomic E-state index is 10.1. The highest BCUT2D eigenvalue weighted by atomic mass is 127. The van der Waals surface area contributed by atoms with Crippen LogP contribution in [0, 0.1) is 0 Å². The summed E-state index contributed by atoms with van der Waals surface area (Å²) in [7, 11) is 0. The number of aliphatic carboxylic acids is 1. The van der Waals surface area contributed by atoms with Crippen LogP contribution < -0.4 is 0 Å². The van der Waals surface area contributed by atoms with Crippen molar-refractivity contribution >= 4 is 28.8 Å². The number of hydrogen-bond acceptors (Lipinski definition) is 2. The highest BCUT2D eigenvalue weighted by Crippen LogP contribution is 2.02. The van der Waals surface area contributed by atoms with Crippen LogP contribution in [0.15, 0.2) is 12.5 Å². The van der Waals surface area contributed by atoms with E-state index in [0.717, 1.165) is 5.69 Å². The summed E-state index contributed by atoms with van der Waals surface area (Å²) in [5.74, 6) is -0.784. The smallest absolute Gasteiger partial charge is 0.303 e. The van der Waals surface area contributed by atoms with E-state index in [2.05, 4.69) is 27.8 Å². The molecular weight excluding hydrogens is 259 g/mol. The van der Waals surface area contributed by atoms with Gasteiger partial charge < -0.3 is 5.11 Å². The zero-order valence-electron chi connectivity index (χ0n) is 5.70. The van der Waals surface area contributed by atoms with Gasteiger partial charge in [0.05, 0.1) is 35.0 Å². The minimum atomic E-state index is -0.784. The number of imidazole rings is 1. The van der Waals surface area contributed by atoms with E-state index in [0.29, 0.717) is 6.42 Å². The van der Waals surface area contributed by atoms with E-state index in [4.69, 9.17) is 5.11 Å². The molecular formula is C6H7IN2O2. The van der Waals surface area contributed by atoms with E-state index >= 15 is 0 Å². The summed E-state index contributed by atoms with van der Waals surface area (Å²) in [6, 6.07) is 0. The lowest BCUT2D eigenvalue weighted by atomic mass is 10.2. The SMILES string of the molecule is O=C(O)CCc1cn(I)cn1. The van der Waals surface area contributed by atoms with Crippen LogP contribution >= 0.6 is 22.9 Å². The molecule has 1 heterocycles. The van der Waals surface area contributed by atoms with Crippen molar-refractivity contribution in [2.24, 2.45) is 0 Å². The second-order valence-electron chi connectivity index (χ2n) is 2.10. The van der Waals surface area contributed by atoms with Gasteiger partial charge in [-0.25, -0.2) is 4.98 Å². The van der Waals surface area contributed by atoms with Crippen molar-refractivity contribution in [2.75, 3.05) is 0 Å². The van der Waals surface area contributed by atoms with Gasteiger partial charge in [0.15, 0.2) is 0 Å². The number of hydrogen-bond donors (Lipinski definition) is 1. The lowest BCUT2D eigenvalue weighted by Gasteiger charge is -1.89. The molecule has 5 heteroatoms. The van der Waals surface area contributed by atoms with Gasteiger partial charge in [-0.3, -0.25) is 7.58 Å². The molecule has 0 saturated heterocycles. The van der Waals surface area contributed by atoms with Gasteiger partial charge in [0.2, 0.25) is 0 Å². The molecule has 0 amide bonds. The first-order chi connectivity index (χ1) is 5.18. The molecule has 1 N–H and O–H groups in total. The normalized spacial score (nSPS) is 9.91. The van der Waals surface area contributed by atoms with Crippen LogP contribution in [0.4, 0.5) is 0 Å². The third kappa shape index (κ3) is 2.87. The molecule has 0 aliphatic rings.